The van der Waals surface area contributed by atoms with E-state index in [2.05, 4.69) is 31.2 Å². The van der Waals surface area contributed by atoms with Crippen LogP contribution < -0.4 is 5.32 Å². The number of nitrogens with zero attached hydrogens (tertiary/aromatic N) is 2. The highest BCUT2D eigenvalue weighted by atomic mass is 79.9. The minimum atomic E-state index is -0.264. The van der Waals surface area contributed by atoms with Gasteiger partial charge >= 0.3 is 0 Å². The summed E-state index contributed by atoms with van der Waals surface area (Å²) in [6, 6.07) is 5.60. The molecule has 5 heteroatoms. The maximum atomic E-state index is 11.8. The molecule has 0 aliphatic rings. The Morgan fingerprint density at radius 3 is 2.82 bits per heavy atom. The van der Waals surface area contributed by atoms with E-state index in [4.69, 9.17) is 0 Å². The number of carbonyl (C=O) groups excluding carboxylic acids is 1. The van der Waals surface area contributed by atoms with Crippen LogP contribution in [0.2, 0.25) is 0 Å². The van der Waals surface area contributed by atoms with Gasteiger partial charge in [0, 0.05) is 22.6 Å². The van der Waals surface area contributed by atoms with Gasteiger partial charge in [-0.25, -0.2) is 4.98 Å². The molecule has 1 heterocycles. The summed E-state index contributed by atoms with van der Waals surface area (Å²) in [6.07, 6.45) is 4.45. The number of hydrogen-bond donors (Lipinski definition) is 1. The highest BCUT2D eigenvalue weighted by Crippen LogP contribution is 2.20. The summed E-state index contributed by atoms with van der Waals surface area (Å²) in [5.74, 6) is -0.264. The molecule has 0 atom stereocenters. The lowest BCUT2D eigenvalue weighted by molar-refractivity contribution is 0.102. The summed E-state index contributed by atoms with van der Waals surface area (Å²) in [5.41, 5.74) is 2.09. The van der Waals surface area contributed by atoms with Crippen LogP contribution in [0.15, 0.2) is 41.3 Å². The van der Waals surface area contributed by atoms with Crippen LogP contribution >= 0.6 is 15.9 Å². The van der Waals surface area contributed by atoms with Gasteiger partial charge in [0.15, 0.2) is 0 Å². The molecule has 17 heavy (non-hydrogen) atoms. The maximum Gasteiger partial charge on any atom is 0.275 e. The number of benzene rings is 1. The number of hydrogen-bond acceptors (Lipinski definition) is 3. The molecule has 2 rings (SSSR count). The molecular formula is C12H10BrN3O. The third-order valence-electron chi connectivity index (χ3n) is 2.21. The maximum absolute atomic E-state index is 11.8. The first-order chi connectivity index (χ1) is 8.16. The summed E-state index contributed by atoms with van der Waals surface area (Å²) in [5, 5.41) is 2.76. The molecule has 0 fully saturated rings. The van der Waals surface area contributed by atoms with E-state index in [1.54, 1.807) is 0 Å². The van der Waals surface area contributed by atoms with Gasteiger partial charge in [-0.3, -0.25) is 9.78 Å². The van der Waals surface area contributed by atoms with Crippen LogP contribution in [-0.2, 0) is 0 Å². The standard InChI is InChI=1S/C12H10BrN3O/c1-8-6-9(2-3-10(8)13)16-12(17)11-7-14-4-5-15-11/h2-7H,1H3,(H,16,17). The Bertz CT molecular complexity index is 543. The van der Waals surface area contributed by atoms with E-state index in [0.29, 0.717) is 5.69 Å². The molecule has 2 aromatic rings. The molecule has 0 saturated carbocycles. The second-order valence-electron chi connectivity index (χ2n) is 3.51. The lowest BCUT2D eigenvalue weighted by atomic mass is 10.2. The molecule has 0 unspecified atom stereocenters. The van der Waals surface area contributed by atoms with Crippen molar-refractivity contribution in [1.82, 2.24) is 9.97 Å². The molecule has 1 amide bonds. The largest absolute Gasteiger partial charge is 0.321 e. The highest BCUT2D eigenvalue weighted by molar-refractivity contribution is 9.10. The Morgan fingerprint density at radius 2 is 2.18 bits per heavy atom. The van der Waals surface area contributed by atoms with Crippen molar-refractivity contribution in [2.24, 2.45) is 0 Å². The smallest absolute Gasteiger partial charge is 0.275 e. The monoisotopic (exact) mass is 291 g/mol. The molecule has 0 spiro atoms. The summed E-state index contributed by atoms with van der Waals surface area (Å²) < 4.78 is 1.01. The SMILES string of the molecule is Cc1cc(NC(=O)c2cnccn2)ccc1Br. The number of carbonyl (C=O) groups is 1. The van der Waals surface area contributed by atoms with Gasteiger partial charge in [0.1, 0.15) is 5.69 Å². The lowest BCUT2D eigenvalue weighted by Gasteiger charge is -2.06. The van der Waals surface area contributed by atoms with Gasteiger partial charge < -0.3 is 5.32 Å². The van der Waals surface area contributed by atoms with Gasteiger partial charge in [0.2, 0.25) is 0 Å². The third-order valence-corrected chi connectivity index (χ3v) is 3.10. The number of amides is 1. The van der Waals surface area contributed by atoms with Crippen molar-refractivity contribution in [3.8, 4) is 0 Å². The molecular weight excluding hydrogens is 282 g/mol. The number of aromatic nitrogens is 2. The summed E-state index contributed by atoms with van der Waals surface area (Å²) in [7, 11) is 0. The molecule has 0 radical (unpaired) electrons. The summed E-state index contributed by atoms with van der Waals surface area (Å²) in [4.78, 5) is 19.6. The fourth-order valence-electron chi connectivity index (χ4n) is 1.33. The van der Waals surface area contributed by atoms with Gasteiger partial charge in [0.05, 0.1) is 6.20 Å². The van der Waals surface area contributed by atoms with Gasteiger partial charge in [-0.15, -0.1) is 0 Å². The van der Waals surface area contributed by atoms with E-state index in [1.165, 1.54) is 18.6 Å². The third kappa shape index (κ3) is 2.88. The first-order valence-electron chi connectivity index (χ1n) is 5.00. The average Bonchev–Trinajstić information content (AvgIpc) is 2.35. The minimum Gasteiger partial charge on any atom is -0.321 e. The van der Waals surface area contributed by atoms with Crippen molar-refractivity contribution in [2.75, 3.05) is 5.32 Å². The van der Waals surface area contributed by atoms with Crippen molar-refractivity contribution in [3.63, 3.8) is 0 Å². The Labute approximate surface area is 107 Å². The van der Waals surface area contributed by atoms with E-state index < -0.39 is 0 Å². The van der Waals surface area contributed by atoms with E-state index in [9.17, 15) is 4.79 Å². The zero-order valence-corrected chi connectivity index (χ0v) is 10.7. The van der Waals surface area contributed by atoms with Crippen LogP contribution in [0.1, 0.15) is 16.1 Å². The van der Waals surface area contributed by atoms with Gasteiger partial charge in [0.25, 0.3) is 5.91 Å². The second kappa shape index (κ2) is 5.05. The van der Waals surface area contributed by atoms with Gasteiger partial charge in [-0.2, -0.15) is 0 Å². The van der Waals surface area contributed by atoms with Gasteiger partial charge in [-0.1, -0.05) is 15.9 Å². The predicted molar refractivity (Wildman–Crippen MR) is 68.9 cm³/mol. The van der Waals surface area contributed by atoms with Crippen LogP contribution in [-0.4, -0.2) is 15.9 Å². The van der Waals surface area contributed by atoms with Crippen molar-refractivity contribution >= 4 is 27.5 Å². The van der Waals surface area contributed by atoms with Crippen LogP contribution in [0.3, 0.4) is 0 Å². The quantitative estimate of drug-likeness (QED) is 0.926. The highest BCUT2D eigenvalue weighted by Gasteiger charge is 2.07. The lowest BCUT2D eigenvalue weighted by Crippen LogP contribution is -2.13. The van der Waals surface area contributed by atoms with Crippen molar-refractivity contribution in [2.45, 2.75) is 6.92 Å². The van der Waals surface area contributed by atoms with Crippen molar-refractivity contribution < 1.29 is 4.79 Å². The van der Waals surface area contributed by atoms with E-state index >= 15 is 0 Å². The molecule has 0 aliphatic carbocycles. The van der Waals surface area contributed by atoms with E-state index in [1.807, 2.05) is 25.1 Å². The first kappa shape index (κ1) is 11.7. The van der Waals surface area contributed by atoms with Gasteiger partial charge in [-0.05, 0) is 30.7 Å². The summed E-state index contributed by atoms with van der Waals surface area (Å²) >= 11 is 3.41. The average molecular weight is 292 g/mol. The zero-order chi connectivity index (χ0) is 12.3. The zero-order valence-electron chi connectivity index (χ0n) is 9.14. The minimum absolute atomic E-state index is 0.264. The summed E-state index contributed by atoms with van der Waals surface area (Å²) in [6.45, 7) is 1.96. The fraction of sp³-hybridized carbons (Fsp3) is 0.0833. The molecule has 4 nitrogen and oxygen atoms in total. The predicted octanol–water partition coefficient (Wildman–Crippen LogP) is 2.80. The van der Waals surface area contributed by atoms with Crippen LogP contribution in [0.5, 0.6) is 0 Å². The number of aryl methyl sites for hydroxylation is 1. The molecule has 1 aromatic carbocycles. The number of halogens is 1. The second-order valence-corrected chi connectivity index (χ2v) is 4.36. The normalized spacial score (nSPS) is 10.0. The molecule has 0 aliphatic heterocycles. The van der Waals surface area contributed by atoms with Crippen molar-refractivity contribution in [1.29, 1.82) is 0 Å². The first-order valence-corrected chi connectivity index (χ1v) is 5.79. The molecule has 0 bridgehead atoms. The fourth-order valence-corrected chi connectivity index (χ4v) is 1.58. The van der Waals surface area contributed by atoms with E-state index in [-0.39, 0.29) is 5.91 Å². The van der Waals surface area contributed by atoms with Crippen molar-refractivity contribution in [3.05, 3.63) is 52.5 Å². The van der Waals surface area contributed by atoms with Crippen LogP contribution in [0.25, 0.3) is 0 Å². The number of nitrogens with one attached hydrogen (secondary N) is 1. The van der Waals surface area contributed by atoms with Crippen LogP contribution in [0.4, 0.5) is 5.69 Å². The topological polar surface area (TPSA) is 54.9 Å². The molecule has 86 valence electrons. The molecule has 1 aromatic heterocycles. The molecule has 0 saturated heterocycles. The Kier molecular flexibility index (Phi) is 3.49. The van der Waals surface area contributed by atoms with Crippen LogP contribution in [0, 0.1) is 6.92 Å². The number of rotatable bonds is 2. The number of anilines is 1. The van der Waals surface area contributed by atoms with E-state index in [0.717, 1.165) is 15.7 Å². The molecule has 1 N–H and O–H groups in total. The Hall–Kier alpha value is -1.75. The Morgan fingerprint density at radius 1 is 1.35 bits per heavy atom. The Balaban J connectivity index is 2.16.